The third-order valence-corrected chi connectivity index (χ3v) is 4.12. The molecule has 1 aromatic heterocycles. The molecule has 1 N–H and O–H groups in total. The van der Waals surface area contributed by atoms with Crippen molar-refractivity contribution in [2.24, 2.45) is 0 Å². The topological polar surface area (TPSA) is 58.1 Å². The van der Waals surface area contributed by atoms with Gasteiger partial charge in [-0.2, -0.15) is 0 Å². The lowest BCUT2D eigenvalue weighted by atomic mass is 10.0. The monoisotopic (exact) mass is 310 g/mol. The van der Waals surface area contributed by atoms with Gasteiger partial charge < -0.3 is 10.2 Å². The van der Waals surface area contributed by atoms with Crippen LogP contribution in [0.4, 0.5) is 11.6 Å². The van der Waals surface area contributed by atoms with Crippen LogP contribution < -0.4 is 10.2 Å². The van der Waals surface area contributed by atoms with E-state index < -0.39 is 0 Å². The van der Waals surface area contributed by atoms with E-state index in [1.807, 2.05) is 24.3 Å². The van der Waals surface area contributed by atoms with E-state index in [1.165, 1.54) is 18.4 Å². The molecule has 0 spiro atoms. The molecule has 0 aliphatic carbocycles. The minimum absolute atomic E-state index is 0.185. The molecule has 1 aromatic carbocycles. The maximum Gasteiger partial charge on any atom is 0.258 e. The second-order valence-electron chi connectivity index (χ2n) is 6.20. The van der Waals surface area contributed by atoms with Crippen molar-refractivity contribution >= 4 is 17.5 Å². The van der Waals surface area contributed by atoms with Gasteiger partial charge in [0.1, 0.15) is 0 Å². The zero-order valence-corrected chi connectivity index (χ0v) is 13.6. The van der Waals surface area contributed by atoms with Crippen molar-refractivity contribution in [3.8, 4) is 0 Å². The molecule has 0 atom stereocenters. The minimum Gasteiger partial charge on any atom is -0.341 e. The minimum atomic E-state index is -0.185. The highest BCUT2D eigenvalue weighted by Crippen LogP contribution is 2.18. The lowest BCUT2D eigenvalue weighted by Crippen LogP contribution is -2.21. The van der Waals surface area contributed by atoms with E-state index in [0.717, 1.165) is 18.8 Å². The number of carbonyl (C=O) groups excluding carboxylic acids is 1. The van der Waals surface area contributed by atoms with Crippen molar-refractivity contribution < 1.29 is 4.79 Å². The number of aromatic nitrogens is 2. The highest BCUT2D eigenvalue weighted by Gasteiger charge is 2.15. The predicted octanol–water partition coefficient (Wildman–Crippen LogP) is 3.45. The predicted molar refractivity (Wildman–Crippen MR) is 92.0 cm³/mol. The number of nitrogens with one attached hydrogen (secondary N) is 1. The standard InChI is InChI=1S/C18H22N4O/c1-13(2)14-5-7-16(8-6-14)21-17(23)15-11-19-18(20-12-15)22-9-3-4-10-22/h5-8,11-13H,3-4,9-10H2,1-2H3,(H,21,23). The number of nitrogens with zero attached hydrogens (tertiary/aromatic N) is 3. The summed E-state index contributed by atoms with van der Waals surface area (Å²) in [7, 11) is 0. The zero-order chi connectivity index (χ0) is 16.2. The zero-order valence-electron chi connectivity index (χ0n) is 13.6. The summed E-state index contributed by atoms with van der Waals surface area (Å²) in [4.78, 5) is 23.0. The van der Waals surface area contributed by atoms with Crippen molar-refractivity contribution in [1.82, 2.24) is 9.97 Å². The van der Waals surface area contributed by atoms with Gasteiger partial charge >= 0.3 is 0 Å². The number of rotatable bonds is 4. The van der Waals surface area contributed by atoms with Crippen LogP contribution >= 0.6 is 0 Å². The summed E-state index contributed by atoms with van der Waals surface area (Å²) in [5.41, 5.74) is 2.50. The van der Waals surface area contributed by atoms with Crippen LogP contribution in [0.25, 0.3) is 0 Å². The van der Waals surface area contributed by atoms with E-state index in [1.54, 1.807) is 12.4 Å². The first-order valence-electron chi connectivity index (χ1n) is 8.12. The van der Waals surface area contributed by atoms with Crippen molar-refractivity contribution in [2.75, 3.05) is 23.3 Å². The van der Waals surface area contributed by atoms with Gasteiger partial charge in [0.05, 0.1) is 5.56 Å². The first-order chi connectivity index (χ1) is 11.1. The van der Waals surface area contributed by atoms with E-state index in [9.17, 15) is 4.79 Å². The summed E-state index contributed by atoms with van der Waals surface area (Å²) in [5.74, 6) is 1.00. The van der Waals surface area contributed by atoms with E-state index in [-0.39, 0.29) is 5.91 Å². The second kappa shape index (κ2) is 6.77. The van der Waals surface area contributed by atoms with Crippen LogP contribution in [0.3, 0.4) is 0 Å². The van der Waals surface area contributed by atoms with Crippen LogP contribution in [0, 0.1) is 0 Å². The number of carbonyl (C=O) groups is 1. The largest absolute Gasteiger partial charge is 0.341 e. The molecule has 3 rings (SSSR count). The van der Waals surface area contributed by atoms with Gasteiger partial charge in [0.15, 0.2) is 0 Å². The summed E-state index contributed by atoms with van der Waals surface area (Å²) in [6.07, 6.45) is 5.55. The Bertz CT molecular complexity index is 658. The maximum absolute atomic E-state index is 12.3. The summed E-state index contributed by atoms with van der Waals surface area (Å²) >= 11 is 0. The number of benzene rings is 1. The van der Waals surface area contributed by atoms with Gasteiger partial charge in [-0.3, -0.25) is 4.79 Å². The third-order valence-electron chi connectivity index (χ3n) is 4.12. The fraction of sp³-hybridized carbons (Fsp3) is 0.389. The molecule has 1 amide bonds. The quantitative estimate of drug-likeness (QED) is 0.939. The van der Waals surface area contributed by atoms with Gasteiger partial charge in [-0.1, -0.05) is 26.0 Å². The Hall–Kier alpha value is -2.43. The van der Waals surface area contributed by atoms with Crippen LogP contribution in [-0.2, 0) is 0 Å². The van der Waals surface area contributed by atoms with Crippen LogP contribution in [0.5, 0.6) is 0 Å². The Morgan fingerprint density at radius 1 is 1.09 bits per heavy atom. The summed E-state index contributed by atoms with van der Waals surface area (Å²) < 4.78 is 0. The molecule has 5 nitrogen and oxygen atoms in total. The molecular formula is C18H22N4O. The number of hydrogen-bond donors (Lipinski definition) is 1. The van der Waals surface area contributed by atoms with Crippen LogP contribution in [0.2, 0.25) is 0 Å². The second-order valence-corrected chi connectivity index (χ2v) is 6.20. The van der Waals surface area contributed by atoms with Crippen molar-refractivity contribution in [2.45, 2.75) is 32.6 Å². The molecular weight excluding hydrogens is 288 g/mol. The molecule has 2 aromatic rings. The third kappa shape index (κ3) is 3.67. The van der Waals surface area contributed by atoms with Gasteiger partial charge in [0.2, 0.25) is 5.95 Å². The van der Waals surface area contributed by atoms with Gasteiger partial charge in [0, 0.05) is 31.2 Å². The molecule has 1 aliphatic rings. The number of amides is 1. The highest BCUT2D eigenvalue weighted by molar-refractivity contribution is 6.03. The Kier molecular flexibility index (Phi) is 4.55. The van der Waals surface area contributed by atoms with Gasteiger partial charge in [0.25, 0.3) is 5.91 Å². The first kappa shape index (κ1) is 15.5. The summed E-state index contributed by atoms with van der Waals surface area (Å²) in [6, 6.07) is 7.92. The van der Waals surface area contributed by atoms with E-state index >= 15 is 0 Å². The molecule has 0 bridgehead atoms. The van der Waals surface area contributed by atoms with Crippen LogP contribution in [-0.4, -0.2) is 29.0 Å². The molecule has 0 unspecified atom stereocenters. The smallest absolute Gasteiger partial charge is 0.258 e. The Morgan fingerprint density at radius 2 is 1.70 bits per heavy atom. The summed E-state index contributed by atoms with van der Waals surface area (Å²) in [6.45, 7) is 6.28. The molecule has 0 radical (unpaired) electrons. The van der Waals surface area contributed by atoms with E-state index in [2.05, 4.69) is 34.0 Å². The molecule has 1 fully saturated rings. The van der Waals surface area contributed by atoms with Crippen molar-refractivity contribution in [3.63, 3.8) is 0 Å². The van der Waals surface area contributed by atoms with Gasteiger partial charge in [-0.25, -0.2) is 9.97 Å². The highest BCUT2D eigenvalue weighted by atomic mass is 16.1. The molecule has 23 heavy (non-hydrogen) atoms. The SMILES string of the molecule is CC(C)c1ccc(NC(=O)c2cnc(N3CCCC3)nc2)cc1. The summed E-state index contributed by atoms with van der Waals surface area (Å²) in [5, 5.41) is 2.88. The molecule has 1 saturated heterocycles. The molecule has 0 saturated carbocycles. The van der Waals surface area contributed by atoms with Crippen LogP contribution in [0.1, 0.15) is 48.5 Å². The van der Waals surface area contributed by atoms with Gasteiger partial charge in [-0.05, 0) is 36.5 Å². The average Bonchev–Trinajstić information content (AvgIpc) is 3.10. The molecule has 5 heteroatoms. The van der Waals surface area contributed by atoms with Crippen molar-refractivity contribution in [1.29, 1.82) is 0 Å². The average molecular weight is 310 g/mol. The lowest BCUT2D eigenvalue weighted by molar-refractivity contribution is 0.102. The van der Waals surface area contributed by atoms with E-state index in [0.29, 0.717) is 17.4 Å². The molecule has 2 heterocycles. The normalized spacial score (nSPS) is 14.3. The maximum atomic E-state index is 12.3. The van der Waals surface area contributed by atoms with Crippen LogP contribution in [0.15, 0.2) is 36.7 Å². The Labute approximate surface area is 136 Å². The Morgan fingerprint density at radius 3 is 2.26 bits per heavy atom. The fourth-order valence-electron chi connectivity index (χ4n) is 2.67. The molecule has 120 valence electrons. The fourth-order valence-corrected chi connectivity index (χ4v) is 2.67. The van der Waals surface area contributed by atoms with Crippen molar-refractivity contribution in [3.05, 3.63) is 47.8 Å². The number of hydrogen-bond acceptors (Lipinski definition) is 4. The van der Waals surface area contributed by atoms with Gasteiger partial charge in [-0.15, -0.1) is 0 Å². The Balaban J connectivity index is 1.65. The first-order valence-corrected chi connectivity index (χ1v) is 8.12. The lowest BCUT2D eigenvalue weighted by Gasteiger charge is -2.14. The number of anilines is 2. The molecule has 1 aliphatic heterocycles. The van der Waals surface area contributed by atoms with E-state index in [4.69, 9.17) is 0 Å².